The number of halogens is 4. The van der Waals surface area contributed by atoms with Crippen molar-refractivity contribution in [1.29, 1.82) is 0 Å². The van der Waals surface area contributed by atoms with E-state index in [0.29, 0.717) is 5.76 Å². The molecule has 0 aliphatic heterocycles. The lowest BCUT2D eigenvalue weighted by Gasteiger charge is -2.07. The first kappa shape index (κ1) is 12.4. The van der Waals surface area contributed by atoms with Crippen LogP contribution in [0.25, 0.3) is 0 Å². The van der Waals surface area contributed by atoms with E-state index in [1.54, 1.807) is 12.1 Å². The molecule has 1 aromatic heterocycles. The van der Waals surface area contributed by atoms with Gasteiger partial charge in [-0.25, -0.2) is 8.78 Å². The van der Waals surface area contributed by atoms with Crippen molar-refractivity contribution in [2.75, 3.05) is 0 Å². The maximum Gasteiger partial charge on any atom is 0.193 e. The minimum absolute atomic E-state index is 0.134. The molecule has 0 aliphatic rings. The van der Waals surface area contributed by atoms with Crippen molar-refractivity contribution < 1.29 is 13.2 Å². The number of hydrogen-bond donors (Lipinski definition) is 0. The van der Waals surface area contributed by atoms with Crippen molar-refractivity contribution in [2.24, 2.45) is 0 Å². The standard InChI is InChI=1S/C12H8Cl2F2O/c13-8(10-4-5-11(14)17-10)6-7-2-1-3-9(15)12(7)16/h1-5,8H,6H2. The van der Waals surface area contributed by atoms with Gasteiger partial charge in [-0.05, 0) is 41.8 Å². The van der Waals surface area contributed by atoms with Crippen LogP contribution in [0.4, 0.5) is 8.78 Å². The van der Waals surface area contributed by atoms with Gasteiger partial charge in [0.2, 0.25) is 0 Å². The fourth-order valence-corrected chi connectivity index (χ4v) is 1.93. The molecule has 2 rings (SSSR count). The summed E-state index contributed by atoms with van der Waals surface area (Å²) in [6.07, 6.45) is 0.134. The van der Waals surface area contributed by atoms with Gasteiger partial charge in [-0.3, -0.25) is 0 Å². The van der Waals surface area contributed by atoms with Gasteiger partial charge in [0.15, 0.2) is 16.9 Å². The fraction of sp³-hybridized carbons (Fsp3) is 0.167. The number of hydrogen-bond acceptors (Lipinski definition) is 1. The van der Waals surface area contributed by atoms with Crippen LogP contribution in [0.15, 0.2) is 34.7 Å². The quantitative estimate of drug-likeness (QED) is 0.739. The molecular formula is C12H8Cl2F2O. The molecule has 0 amide bonds. The summed E-state index contributed by atoms with van der Waals surface area (Å²) >= 11 is 11.6. The van der Waals surface area contributed by atoms with E-state index in [9.17, 15) is 8.78 Å². The molecule has 2 aromatic rings. The lowest BCUT2D eigenvalue weighted by atomic mass is 10.1. The van der Waals surface area contributed by atoms with Crippen LogP contribution in [0.3, 0.4) is 0 Å². The lowest BCUT2D eigenvalue weighted by molar-refractivity contribution is 0.484. The zero-order chi connectivity index (χ0) is 12.4. The molecule has 0 saturated carbocycles. The van der Waals surface area contributed by atoms with E-state index in [0.717, 1.165) is 6.07 Å². The summed E-state index contributed by atoms with van der Waals surface area (Å²) in [5.74, 6) is -1.33. The topological polar surface area (TPSA) is 13.1 Å². The average Bonchev–Trinajstić information content (AvgIpc) is 2.72. The number of benzene rings is 1. The van der Waals surface area contributed by atoms with Gasteiger partial charge in [0.05, 0.1) is 5.38 Å². The van der Waals surface area contributed by atoms with Crippen molar-refractivity contribution in [1.82, 2.24) is 0 Å². The second kappa shape index (κ2) is 5.07. The SMILES string of the molecule is Fc1cccc(CC(Cl)c2ccc(Cl)o2)c1F. The highest BCUT2D eigenvalue weighted by molar-refractivity contribution is 6.29. The van der Waals surface area contributed by atoms with Crippen LogP contribution in [-0.4, -0.2) is 0 Å². The van der Waals surface area contributed by atoms with Crippen molar-refractivity contribution in [3.05, 3.63) is 58.5 Å². The molecule has 17 heavy (non-hydrogen) atoms. The molecule has 1 unspecified atom stereocenters. The summed E-state index contributed by atoms with van der Waals surface area (Å²) < 4.78 is 31.5. The molecule has 0 aliphatic carbocycles. The third-order valence-electron chi connectivity index (χ3n) is 2.33. The van der Waals surface area contributed by atoms with Gasteiger partial charge in [-0.15, -0.1) is 11.6 Å². The Morgan fingerprint density at radius 2 is 1.94 bits per heavy atom. The molecule has 0 radical (unpaired) electrons. The minimum atomic E-state index is -0.885. The molecule has 1 aromatic carbocycles. The second-order valence-electron chi connectivity index (χ2n) is 3.53. The lowest BCUT2D eigenvalue weighted by Crippen LogP contribution is -1.99. The van der Waals surface area contributed by atoms with E-state index in [-0.39, 0.29) is 17.2 Å². The van der Waals surface area contributed by atoms with Crippen LogP contribution >= 0.6 is 23.2 Å². The van der Waals surface area contributed by atoms with E-state index in [2.05, 4.69) is 0 Å². The highest BCUT2D eigenvalue weighted by Crippen LogP contribution is 2.29. The summed E-state index contributed by atoms with van der Waals surface area (Å²) in [5, 5.41) is -0.371. The Hall–Kier alpha value is -1.06. The van der Waals surface area contributed by atoms with E-state index in [4.69, 9.17) is 27.6 Å². The zero-order valence-corrected chi connectivity index (χ0v) is 10.1. The molecule has 90 valence electrons. The van der Waals surface area contributed by atoms with Crippen molar-refractivity contribution in [3.63, 3.8) is 0 Å². The molecule has 0 spiro atoms. The summed E-state index contributed by atoms with van der Waals surface area (Å²) in [6, 6.07) is 7.14. The Balaban J connectivity index is 2.18. The Labute approximate surface area is 107 Å². The monoisotopic (exact) mass is 276 g/mol. The predicted octanol–water partition coefficient (Wildman–Crippen LogP) is 4.73. The summed E-state index contributed by atoms with van der Waals surface area (Å²) in [4.78, 5) is 0. The predicted molar refractivity (Wildman–Crippen MR) is 62.4 cm³/mol. The minimum Gasteiger partial charge on any atom is -0.448 e. The molecular weight excluding hydrogens is 269 g/mol. The largest absolute Gasteiger partial charge is 0.448 e. The van der Waals surface area contributed by atoms with Crippen molar-refractivity contribution in [2.45, 2.75) is 11.8 Å². The Morgan fingerprint density at radius 1 is 1.18 bits per heavy atom. The first-order valence-corrected chi connectivity index (χ1v) is 5.71. The Bertz CT molecular complexity index is 525. The van der Waals surface area contributed by atoms with Crippen LogP contribution in [0.5, 0.6) is 0 Å². The van der Waals surface area contributed by atoms with Gasteiger partial charge in [0.1, 0.15) is 5.76 Å². The molecule has 1 nitrogen and oxygen atoms in total. The van der Waals surface area contributed by atoms with Crippen LogP contribution in [0, 0.1) is 11.6 Å². The molecule has 0 saturated heterocycles. The smallest absolute Gasteiger partial charge is 0.193 e. The molecule has 1 heterocycles. The normalized spacial score (nSPS) is 12.7. The molecule has 0 fully saturated rings. The number of rotatable bonds is 3. The molecule has 5 heteroatoms. The highest BCUT2D eigenvalue weighted by atomic mass is 35.5. The second-order valence-corrected chi connectivity index (χ2v) is 4.43. The van der Waals surface area contributed by atoms with Gasteiger partial charge in [0, 0.05) is 0 Å². The van der Waals surface area contributed by atoms with Gasteiger partial charge >= 0.3 is 0 Å². The van der Waals surface area contributed by atoms with E-state index >= 15 is 0 Å². The Morgan fingerprint density at radius 3 is 2.59 bits per heavy atom. The Kier molecular flexibility index (Phi) is 3.69. The van der Waals surface area contributed by atoms with Gasteiger partial charge in [0.25, 0.3) is 0 Å². The van der Waals surface area contributed by atoms with Crippen LogP contribution < -0.4 is 0 Å². The van der Waals surface area contributed by atoms with Gasteiger partial charge in [-0.1, -0.05) is 12.1 Å². The highest BCUT2D eigenvalue weighted by Gasteiger charge is 2.16. The van der Waals surface area contributed by atoms with Crippen LogP contribution in [-0.2, 0) is 6.42 Å². The third-order valence-corrected chi connectivity index (χ3v) is 2.91. The maximum absolute atomic E-state index is 13.4. The van der Waals surface area contributed by atoms with E-state index in [1.807, 2.05) is 0 Å². The van der Waals surface area contributed by atoms with Gasteiger partial charge < -0.3 is 4.42 Å². The van der Waals surface area contributed by atoms with Crippen molar-refractivity contribution >= 4 is 23.2 Å². The van der Waals surface area contributed by atoms with Crippen LogP contribution in [0.1, 0.15) is 16.7 Å². The van der Waals surface area contributed by atoms with E-state index < -0.39 is 17.0 Å². The number of alkyl halides is 1. The summed E-state index contributed by atoms with van der Waals surface area (Å²) in [7, 11) is 0. The first-order valence-electron chi connectivity index (χ1n) is 4.90. The van der Waals surface area contributed by atoms with E-state index in [1.165, 1.54) is 12.1 Å². The summed E-state index contributed by atoms with van der Waals surface area (Å²) in [5.41, 5.74) is 0.206. The molecule has 0 N–H and O–H groups in total. The van der Waals surface area contributed by atoms with Gasteiger partial charge in [-0.2, -0.15) is 0 Å². The zero-order valence-electron chi connectivity index (χ0n) is 8.59. The first-order chi connectivity index (χ1) is 8.08. The number of furan rings is 1. The third kappa shape index (κ3) is 2.79. The van der Waals surface area contributed by atoms with Crippen LogP contribution in [0.2, 0.25) is 5.22 Å². The summed E-state index contributed by atoms with van der Waals surface area (Å²) in [6.45, 7) is 0. The van der Waals surface area contributed by atoms with Crippen molar-refractivity contribution in [3.8, 4) is 0 Å². The maximum atomic E-state index is 13.4. The molecule has 1 atom stereocenters. The average molecular weight is 277 g/mol. The fourth-order valence-electron chi connectivity index (χ4n) is 1.50. The molecule has 0 bridgehead atoms.